The molecule has 0 amide bonds. The molecule has 0 saturated heterocycles. The highest BCUT2D eigenvalue weighted by Gasteiger charge is 2.21. The van der Waals surface area contributed by atoms with Gasteiger partial charge in [0.1, 0.15) is 5.82 Å². The van der Waals surface area contributed by atoms with E-state index < -0.39 is 5.97 Å². The van der Waals surface area contributed by atoms with Crippen molar-refractivity contribution in [2.24, 2.45) is 0 Å². The Hall–Kier alpha value is -3.11. The normalized spacial score (nSPS) is 14.4. The molecule has 0 aliphatic heterocycles. The van der Waals surface area contributed by atoms with Crippen LogP contribution in [-0.4, -0.2) is 17.6 Å². The second-order valence-corrected chi connectivity index (χ2v) is 6.93. The molecule has 0 saturated carbocycles. The number of fused-ring (bicyclic) bond motifs is 4. The van der Waals surface area contributed by atoms with E-state index in [0.29, 0.717) is 17.4 Å². The minimum absolute atomic E-state index is 0.284. The number of esters is 1. The molecule has 4 rings (SSSR count). The fraction of sp³-hybridized carbons (Fsp3) is 0.130. The molecule has 0 fully saturated rings. The average Bonchev–Trinajstić information content (AvgIpc) is 3.04. The van der Waals surface area contributed by atoms with Crippen molar-refractivity contribution in [2.45, 2.75) is 13.3 Å². The van der Waals surface area contributed by atoms with E-state index >= 15 is 0 Å². The molecule has 2 aromatic rings. The van der Waals surface area contributed by atoms with Gasteiger partial charge in [-0.05, 0) is 60.4 Å². The van der Waals surface area contributed by atoms with Crippen LogP contribution in [0, 0.1) is 0 Å². The summed E-state index contributed by atoms with van der Waals surface area (Å²) < 4.78 is 5.19. The molecule has 0 unspecified atom stereocenters. The fourth-order valence-electron chi connectivity index (χ4n) is 3.24. The summed E-state index contributed by atoms with van der Waals surface area (Å²) >= 11 is 5.99. The first-order valence-electron chi connectivity index (χ1n) is 9.13. The van der Waals surface area contributed by atoms with E-state index in [1.54, 1.807) is 6.92 Å². The maximum Gasteiger partial charge on any atom is 0.357 e. The Kier molecular flexibility index (Phi) is 5.13. The van der Waals surface area contributed by atoms with Crippen molar-refractivity contribution in [2.75, 3.05) is 11.9 Å². The van der Waals surface area contributed by atoms with Crippen LogP contribution in [0.1, 0.15) is 35.0 Å². The van der Waals surface area contributed by atoms with Crippen molar-refractivity contribution >= 4 is 40.7 Å². The quantitative estimate of drug-likeness (QED) is 0.655. The molecule has 1 heterocycles. The summed E-state index contributed by atoms with van der Waals surface area (Å²) in [5, 5.41) is 3.99. The molecule has 4 nitrogen and oxygen atoms in total. The molecule has 0 radical (unpaired) electrons. The molecule has 2 bridgehead atoms. The summed E-state index contributed by atoms with van der Waals surface area (Å²) in [5.41, 5.74) is 5.37. The SMILES string of the molecule is CCOC(=O)c1cc2c(c(Nc3ccc(Cl)cc3)n1)C=CC1=CC=CC=C2C1. The number of pyridine rings is 1. The third kappa shape index (κ3) is 3.78. The summed E-state index contributed by atoms with van der Waals surface area (Å²) in [6.45, 7) is 2.09. The topological polar surface area (TPSA) is 51.2 Å². The van der Waals surface area contributed by atoms with Gasteiger partial charge >= 0.3 is 5.97 Å². The third-order valence-electron chi connectivity index (χ3n) is 4.57. The molecule has 0 spiro atoms. The van der Waals surface area contributed by atoms with Crippen molar-refractivity contribution in [3.05, 3.63) is 88.1 Å². The number of ether oxygens (including phenoxy) is 1. The van der Waals surface area contributed by atoms with Gasteiger partial charge in [-0.15, -0.1) is 0 Å². The van der Waals surface area contributed by atoms with Gasteiger partial charge in [0.2, 0.25) is 0 Å². The van der Waals surface area contributed by atoms with E-state index in [9.17, 15) is 4.79 Å². The molecule has 0 atom stereocenters. The lowest BCUT2D eigenvalue weighted by Crippen LogP contribution is -2.11. The molecular formula is C23H19ClN2O2. The zero-order valence-electron chi connectivity index (χ0n) is 15.4. The Balaban J connectivity index is 1.86. The molecule has 2 aliphatic carbocycles. The number of halogens is 1. The third-order valence-corrected chi connectivity index (χ3v) is 4.83. The Morgan fingerprint density at radius 2 is 1.96 bits per heavy atom. The van der Waals surface area contributed by atoms with Crippen molar-refractivity contribution in [3.8, 4) is 0 Å². The average molecular weight is 391 g/mol. The molecule has 1 N–H and O–H groups in total. The molecule has 140 valence electrons. The molecule has 1 aromatic heterocycles. The van der Waals surface area contributed by atoms with Gasteiger partial charge in [0.25, 0.3) is 0 Å². The number of allylic oxidation sites excluding steroid dienone is 7. The van der Waals surface area contributed by atoms with Crippen LogP contribution in [-0.2, 0) is 4.74 Å². The highest BCUT2D eigenvalue weighted by atomic mass is 35.5. The van der Waals surface area contributed by atoms with Gasteiger partial charge in [0, 0.05) is 16.3 Å². The first kappa shape index (κ1) is 18.3. The molecular weight excluding hydrogens is 372 g/mol. The highest BCUT2D eigenvalue weighted by molar-refractivity contribution is 6.30. The van der Waals surface area contributed by atoms with E-state index in [-0.39, 0.29) is 5.69 Å². The molecule has 28 heavy (non-hydrogen) atoms. The van der Waals surface area contributed by atoms with Gasteiger partial charge in [0.05, 0.1) is 6.61 Å². The van der Waals surface area contributed by atoms with Gasteiger partial charge in [-0.3, -0.25) is 0 Å². The van der Waals surface area contributed by atoms with Gasteiger partial charge in [-0.2, -0.15) is 0 Å². The zero-order valence-corrected chi connectivity index (χ0v) is 16.2. The van der Waals surface area contributed by atoms with Crippen molar-refractivity contribution in [1.29, 1.82) is 0 Å². The minimum Gasteiger partial charge on any atom is -0.461 e. The summed E-state index contributed by atoms with van der Waals surface area (Å²) in [6.07, 6.45) is 13.1. The predicted octanol–water partition coefficient (Wildman–Crippen LogP) is 5.95. The van der Waals surface area contributed by atoms with Crippen LogP contribution in [0.5, 0.6) is 0 Å². The van der Waals surface area contributed by atoms with Crippen molar-refractivity contribution in [3.63, 3.8) is 0 Å². The number of aromatic nitrogens is 1. The second kappa shape index (κ2) is 7.87. The Morgan fingerprint density at radius 1 is 1.18 bits per heavy atom. The number of carbonyl (C=O) groups is 1. The van der Waals surface area contributed by atoms with Crippen molar-refractivity contribution in [1.82, 2.24) is 4.98 Å². The summed E-state index contributed by atoms with van der Waals surface area (Å²) in [6, 6.07) is 9.19. The maximum absolute atomic E-state index is 12.4. The number of nitrogens with one attached hydrogen (secondary N) is 1. The summed E-state index contributed by atoms with van der Waals surface area (Å²) in [5.74, 6) is 0.175. The lowest BCUT2D eigenvalue weighted by Gasteiger charge is -2.16. The van der Waals surface area contributed by atoms with Gasteiger partial charge in [0.15, 0.2) is 5.69 Å². The standard InChI is InChI=1S/C23H19ClN2O2/c1-2-28-23(27)21-14-20-16-6-4-3-5-15(13-16)7-12-19(20)22(26-21)25-18-10-8-17(24)9-11-18/h3-12,14H,2,13H2,1H3,(H,25,26). The lowest BCUT2D eigenvalue weighted by molar-refractivity contribution is 0.0519. The Morgan fingerprint density at radius 3 is 2.75 bits per heavy atom. The van der Waals surface area contributed by atoms with Crippen LogP contribution in [0.25, 0.3) is 11.6 Å². The number of anilines is 2. The number of carbonyl (C=O) groups excluding carboxylic acids is 1. The van der Waals surface area contributed by atoms with E-state index in [4.69, 9.17) is 16.3 Å². The van der Waals surface area contributed by atoms with E-state index in [1.807, 2.05) is 48.6 Å². The largest absolute Gasteiger partial charge is 0.461 e. The van der Waals surface area contributed by atoms with Gasteiger partial charge < -0.3 is 10.1 Å². The monoisotopic (exact) mass is 390 g/mol. The second-order valence-electron chi connectivity index (χ2n) is 6.50. The van der Waals surface area contributed by atoms with Gasteiger partial charge in [-0.1, -0.05) is 48.1 Å². The Bertz CT molecular complexity index is 1050. The first-order chi connectivity index (χ1) is 13.6. The molecule has 5 heteroatoms. The van der Waals surface area contributed by atoms with Crippen molar-refractivity contribution < 1.29 is 9.53 Å². The first-order valence-corrected chi connectivity index (χ1v) is 9.51. The van der Waals surface area contributed by atoms with Crippen LogP contribution in [0.4, 0.5) is 11.5 Å². The molecule has 1 aromatic carbocycles. The highest BCUT2D eigenvalue weighted by Crippen LogP contribution is 2.36. The number of hydrogen-bond acceptors (Lipinski definition) is 4. The van der Waals surface area contributed by atoms with Crippen LogP contribution in [0.3, 0.4) is 0 Å². The molecule has 2 aliphatic rings. The van der Waals surface area contributed by atoms with Gasteiger partial charge in [-0.25, -0.2) is 9.78 Å². The minimum atomic E-state index is -0.432. The number of benzene rings is 1. The lowest BCUT2D eigenvalue weighted by atomic mass is 9.97. The maximum atomic E-state index is 12.4. The van der Waals surface area contributed by atoms with Crippen LogP contribution in [0.2, 0.25) is 5.02 Å². The number of rotatable bonds is 4. The van der Waals surface area contributed by atoms with Crippen LogP contribution < -0.4 is 5.32 Å². The zero-order chi connectivity index (χ0) is 19.5. The van der Waals surface area contributed by atoms with Crippen LogP contribution in [0.15, 0.2) is 66.3 Å². The number of hydrogen-bond donors (Lipinski definition) is 1. The van der Waals surface area contributed by atoms with E-state index in [0.717, 1.165) is 28.8 Å². The predicted molar refractivity (Wildman–Crippen MR) is 114 cm³/mol. The van der Waals surface area contributed by atoms with Crippen LogP contribution >= 0.6 is 11.6 Å². The number of nitrogens with zero attached hydrogens (tertiary/aromatic N) is 1. The van der Waals surface area contributed by atoms with E-state index in [2.05, 4.69) is 28.5 Å². The smallest absolute Gasteiger partial charge is 0.357 e. The van der Waals surface area contributed by atoms with E-state index in [1.165, 1.54) is 5.57 Å². The summed E-state index contributed by atoms with van der Waals surface area (Å²) in [4.78, 5) is 17.0. The fourth-order valence-corrected chi connectivity index (χ4v) is 3.37. The summed E-state index contributed by atoms with van der Waals surface area (Å²) in [7, 11) is 0. The Labute approximate surface area is 168 Å².